The summed E-state index contributed by atoms with van der Waals surface area (Å²) in [4.78, 5) is 66.3. The number of urea groups is 2. The van der Waals surface area contributed by atoms with Crippen LogP contribution in [0.3, 0.4) is 0 Å². The SMILES string of the molecule is CC12C(=O)NC(=O)N3CC(OC(=O)c4ccccc4)CN4C(=O)NC(=O)C1(C)C4C32. The van der Waals surface area contributed by atoms with Crippen LogP contribution in [-0.4, -0.2) is 70.9 Å². The van der Waals surface area contributed by atoms with Gasteiger partial charge >= 0.3 is 18.0 Å². The van der Waals surface area contributed by atoms with Gasteiger partial charge in [0.15, 0.2) is 0 Å². The van der Waals surface area contributed by atoms with Crippen molar-refractivity contribution in [2.45, 2.75) is 32.0 Å². The Kier molecular flexibility index (Phi) is 3.60. The lowest BCUT2D eigenvalue weighted by molar-refractivity contribution is -0.209. The normalized spacial score (nSPS) is 36.8. The summed E-state index contributed by atoms with van der Waals surface area (Å²) in [6.07, 6.45) is -0.824. The van der Waals surface area contributed by atoms with Gasteiger partial charge < -0.3 is 14.5 Å². The molecule has 156 valence electrons. The Hall–Kier alpha value is -3.43. The first-order chi connectivity index (χ1) is 14.2. The van der Waals surface area contributed by atoms with Gasteiger partial charge in [0.1, 0.15) is 6.10 Å². The molecule has 0 radical (unpaired) electrons. The molecular formula is C20H20N4O6. The van der Waals surface area contributed by atoms with Gasteiger partial charge in [0.25, 0.3) is 0 Å². The van der Waals surface area contributed by atoms with Gasteiger partial charge in [-0.3, -0.25) is 20.2 Å². The number of hydrogen-bond acceptors (Lipinski definition) is 6. The van der Waals surface area contributed by atoms with Crippen molar-refractivity contribution in [2.75, 3.05) is 13.1 Å². The first-order valence-corrected chi connectivity index (χ1v) is 9.69. The molecular weight excluding hydrogens is 392 g/mol. The summed E-state index contributed by atoms with van der Waals surface area (Å²) >= 11 is 0. The van der Waals surface area contributed by atoms with Crippen LogP contribution in [0.2, 0.25) is 0 Å². The zero-order valence-electron chi connectivity index (χ0n) is 16.4. The van der Waals surface area contributed by atoms with Crippen molar-refractivity contribution >= 4 is 29.8 Å². The number of nitrogens with one attached hydrogen (secondary N) is 2. The minimum atomic E-state index is -1.22. The van der Waals surface area contributed by atoms with Crippen molar-refractivity contribution in [3.8, 4) is 0 Å². The van der Waals surface area contributed by atoms with Crippen LogP contribution in [-0.2, 0) is 14.3 Å². The number of ether oxygens (including phenoxy) is 1. The third-order valence-corrected chi connectivity index (χ3v) is 7.22. The molecule has 30 heavy (non-hydrogen) atoms. The van der Waals surface area contributed by atoms with Crippen molar-refractivity contribution in [1.82, 2.24) is 20.4 Å². The van der Waals surface area contributed by atoms with Gasteiger partial charge in [-0.05, 0) is 26.0 Å². The van der Waals surface area contributed by atoms with Gasteiger partial charge in [0.2, 0.25) is 11.8 Å². The minimum Gasteiger partial charge on any atom is -0.455 e. The average molecular weight is 412 g/mol. The first kappa shape index (κ1) is 18.6. The zero-order chi connectivity index (χ0) is 21.4. The van der Waals surface area contributed by atoms with Crippen LogP contribution < -0.4 is 10.6 Å². The van der Waals surface area contributed by atoms with Crippen molar-refractivity contribution < 1.29 is 28.7 Å². The molecule has 3 heterocycles. The van der Waals surface area contributed by atoms with Gasteiger partial charge in [0.05, 0.1) is 41.6 Å². The van der Waals surface area contributed by atoms with E-state index in [4.69, 9.17) is 4.74 Å². The standard InChI is InChI=1S/C20H20N4O6/c1-19-12-13-20(19,2)16(27)22-18(29)24(13)9-11(8-23(12)17(28)21-15(19)26)30-14(25)10-6-4-3-5-7-10/h3-7,11-13H,8-9H2,1-2H3,(H,21,26,28)(H,22,27,29). The molecule has 0 spiro atoms. The van der Waals surface area contributed by atoms with E-state index in [1.807, 2.05) is 0 Å². The van der Waals surface area contributed by atoms with Gasteiger partial charge in [-0.2, -0.15) is 0 Å². The molecule has 4 atom stereocenters. The number of amides is 6. The lowest BCUT2D eigenvalue weighted by Crippen LogP contribution is -2.90. The summed E-state index contributed by atoms with van der Waals surface area (Å²) in [5.41, 5.74) is -2.09. The highest BCUT2D eigenvalue weighted by molar-refractivity contribution is 6.11. The number of carbonyl (C=O) groups is 5. The molecule has 1 saturated carbocycles. The highest BCUT2D eigenvalue weighted by Crippen LogP contribution is 2.63. The second-order valence-electron chi connectivity index (χ2n) is 8.51. The van der Waals surface area contributed by atoms with E-state index < -0.39 is 58.9 Å². The molecule has 0 bridgehead atoms. The van der Waals surface area contributed by atoms with Crippen LogP contribution in [0.1, 0.15) is 24.2 Å². The molecule has 2 N–H and O–H groups in total. The highest BCUT2D eigenvalue weighted by atomic mass is 16.5. The highest BCUT2D eigenvalue weighted by Gasteiger charge is 2.81. The molecule has 1 aliphatic carbocycles. The largest absolute Gasteiger partial charge is 0.455 e. The Balaban J connectivity index is 1.53. The second-order valence-corrected chi connectivity index (χ2v) is 8.51. The van der Waals surface area contributed by atoms with Crippen LogP contribution in [0.25, 0.3) is 0 Å². The van der Waals surface area contributed by atoms with Gasteiger partial charge in [0, 0.05) is 0 Å². The molecule has 3 aliphatic heterocycles. The Morgan fingerprint density at radius 1 is 0.900 bits per heavy atom. The van der Waals surface area contributed by atoms with Crippen molar-refractivity contribution in [1.29, 1.82) is 0 Å². The Labute approximate surface area is 171 Å². The van der Waals surface area contributed by atoms with E-state index in [-0.39, 0.29) is 13.1 Å². The summed E-state index contributed by atoms with van der Waals surface area (Å²) in [5, 5.41) is 4.65. The lowest BCUT2D eigenvalue weighted by Gasteiger charge is -2.70. The molecule has 6 amide bonds. The zero-order valence-corrected chi connectivity index (χ0v) is 16.4. The topological polar surface area (TPSA) is 125 Å². The summed E-state index contributed by atoms with van der Waals surface area (Å²) in [7, 11) is 0. The quantitative estimate of drug-likeness (QED) is 0.664. The van der Waals surface area contributed by atoms with Crippen LogP contribution in [0.15, 0.2) is 30.3 Å². The minimum absolute atomic E-state index is 0.00247. The summed E-state index contributed by atoms with van der Waals surface area (Å²) < 4.78 is 5.63. The molecule has 3 saturated heterocycles. The van der Waals surface area contributed by atoms with Crippen LogP contribution in [0.5, 0.6) is 0 Å². The fourth-order valence-electron chi connectivity index (χ4n) is 5.46. The van der Waals surface area contributed by atoms with E-state index in [1.165, 1.54) is 9.80 Å². The molecule has 4 unspecified atom stereocenters. The number of esters is 1. The number of fused-ring (bicyclic) bond motifs is 1. The molecule has 5 rings (SSSR count). The van der Waals surface area contributed by atoms with Gasteiger partial charge in [-0.1, -0.05) is 18.2 Å². The Morgan fingerprint density at radius 2 is 1.37 bits per heavy atom. The van der Waals surface area contributed by atoms with Gasteiger partial charge in [-0.25, -0.2) is 14.4 Å². The van der Waals surface area contributed by atoms with Gasteiger partial charge in [-0.15, -0.1) is 0 Å². The number of benzene rings is 1. The fourth-order valence-corrected chi connectivity index (χ4v) is 5.46. The second kappa shape index (κ2) is 5.80. The maximum atomic E-state index is 12.8. The summed E-state index contributed by atoms with van der Waals surface area (Å²) in [6.45, 7) is 3.27. The average Bonchev–Trinajstić information content (AvgIpc) is 2.89. The predicted molar refractivity (Wildman–Crippen MR) is 99.9 cm³/mol. The molecule has 0 aromatic heterocycles. The fraction of sp³-hybridized carbons (Fsp3) is 0.450. The third kappa shape index (κ3) is 2.05. The number of rotatable bonds is 2. The summed E-state index contributed by atoms with van der Waals surface area (Å²) in [5.74, 6) is -1.67. The van der Waals surface area contributed by atoms with E-state index in [0.29, 0.717) is 5.56 Å². The number of imide groups is 2. The van der Waals surface area contributed by atoms with E-state index in [2.05, 4.69) is 10.6 Å². The molecule has 10 heteroatoms. The van der Waals surface area contributed by atoms with E-state index >= 15 is 0 Å². The Morgan fingerprint density at radius 3 is 1.83 bits per heavy atom. The van der Waals surface area contributed by atoms with Crippen molar-refractivity contribution in [3.05, 3.63) is 35.9 Å². The molecule has 4 aliphatic rings. The maximum Gasteiger partial charge on any atom is 0.338 e. The van der Waals surface area contributed by atoms with Crippen LogP contribution >= 0.6 is 0 Å². The maximum absolute atomic E-state index is 12.8. The molecule has 10 nitrogen and oxygen atoms in total. The third-order valence-electron chi connectivity index (χ3n) is 7.22. The van der Waals surface area contributed by atoms with Crippen LogP contribution in [0, 0.1) is 10.8 Å². The number of carbonyl (C=O) groups excluding carboxylic acids is 5. The Bertz CT molecular complexity index is 958. The molecule has 1 aromatic carbocycles. The summed E-state index contributed by atoms with van der Waals surface area (Å²) in [6, 6.07) is 5.79. The van der Waals surface area contributed by atoms with E-state index in [9.17, 15) is 24.0 Å². The smallest absolute Gasteiger partial charge is 0.338 e. The van der Waals surface area contributed by atoms with Crippen molar-refractivity contribution in [2.24, 2.45) is 10.8 Å². The van der Waals surface area contributed by atoms with Crippen LogP contribution in [0.4, 0.5) is 9.59 Å². The monoisotopic (exact) mass is 412 g/mol. The predicted octanol–water partition coefficient (Wildman–Crippen LogP) is 0.0926. The van der Waals surface area contributed by atoms with E-state index in [1.54, 1.807) is 44.2 Å². The number of nitrogens with zero attached hydrogens (tertiary/aromatic N) is 2. The first-order valence-electron chi connectivity index (χ1n) is 9.69. The van der Waals surface area contributed by atoms with E-state index in [0.717, 1.165) is 0 Å². The van der Waals surface area contributed by atoms with Crippen molar-refractivity contribution in [3.63, 3.8) is 0 Å². The molecule has 1 aromatic rings. The number of hydrogen-bond donors (Lipinski definition) is 2. The molecule has 4 fully saturated rings. The lowest BCUT2D eigenvalue weighted by atomic mass is 9.42.